The van der Waals surface area contributed by atoms with Crippen LogP contribution in [0, 0.1) is 0 Å². The third kappa shape index (κ3) is 5.50. The van der Waals surface area contributed by atoms with Gasteiger partial charge >= 0.3 is 5.97 Å². The molecule has 0 saturated heterocycles. The lowest BCUT2D eigenvalue weighted by atomic mass is 10.2. The molecule has 5 heteroatoms. The highest BCUT2D eigenvalue weighted by molar-refractivity contribution is 5.88. The van der Waals surface area contributed by atoms with Crippen LogP contribution in [0.2, 0.25) is 0 Å². The third-order valence-electron chi connectivity index (χ3n) is 2.05. The summed E-state index contributed by atoms with van der Waals surface area (Å²) in [5.41, 5.74) is 5.45. The molecular formula is C11H20N2O3. The standard InChI is InChI=1S/C11H20N2O3/c1-5-16-11(15)9(4)6-13(8(2)3)7-10(12)14/h8H,4-7H2,1-3H3,(H2,12,14). The van der Waals surface area contributed by atoms with Gasteiger partial charge in [0.25, 0.3) is 0 Å². The lowest BCUT2D eigenvalue weighted by Gasteiger charge is -2.25. The van der Waals surface area contributed by atoms with E-state index in [4.69, 9.17) is 10.5 Å². The summed E-state index contributed by atoms with van der Waals surface area (Å²) in [4.78, 5) is 23.9. The molecular weight excluding hydrogens is 208 g/mol. The highest BCUT2D eigenvalue weighted by atomic mass is 16.5. The van der Waals surface area contributed by atoms with Crippen LogP contribution < -0.4 is 5.73 Å². The van der Waals surface area contributed by atoms with Gasteiger partial charge in [0.05, 0.1) is 13.2 Å². The van der Waals surface area contributed by atoms with E-state index in [-0.39, 0.29) is 12.6 Å². The molecule has 0 heterocycles. The minimum Gasteiger partial charge on any atom is -0.463 e. The Morgan fingerprint density at radius 2 is 1.94 bits per heavy atom. The van der Waals surface area contributed by atoms with Crippen molar-refractivity contribution in [2.24, 2.45) is 5.73 Å². The highest BCUT2D eigenvalue weighted by Crippen LogP contribution is 2.04. The summed E-state index contributed by atoms with van der Waals surface area (Å²) < 4.78 is 4.81. The monoisotopic (exact) mass is 228 g/mol. The van der Waals surface area contributed by atoms with E-state index >= 15 is 0 Å². The van der Waals surface area contributed by atoms with Crippen LogP contribution >= 0.6 is 0 Å². The second-order valence-corrected chi connectivity index (χ2v) is 3.79. The van der Waals surface area contributed by atoms with Gasteiger partial charge in [-0.2, -0.15) is 0 Å². The number of hydrogen-bond acceptors (Lipinski definition) is 4. The minimum atomic E-state index is -0.433. The van der Waals surface area contributed by atoms with Crippen LogP contribution in [-0.2, 0) is 14.3 Å². The summed E-state index contributed by atoms with van der Waals surface area (Å²) in [5.74, 6) is -0.858. The summed E-state index contributed by atoms with van der Waals surface area (Å²) in [6.07, 6.45) is 0. The lowest BCUT2D eigenvalue weighted by Crippen LogP contribution is -2.40. The van der Waals surface area contributed by atoms with Gasteiger partial charge in [0.15, 0.2) is 0 Å². The molecule has 0 atom stereocenters. The fraction of sp³-hybridized carbons (Fsp3) is 0.636. The van der Waals surface area contributed by atoms with Crippen molar-refractivity contribution >= 4 is 11.9 Å². The average molecular weight is 228 g/mol. The van der Waals surface area contributed by atoms with Crippen LogP contribution in [0.1, 0.15) is 20.8 Å². The van der Waals surface area contributed by atoms with E-state index < -0.39 is 11.9 Å². The van der Waals surface area contributed by atoms with Crippen LogP contribution in [0.15, 0.2) is 12.2 Å². The molecule has 1 amide bonds. The third-order valence-corrected chi connectivity index (χ3v) is 2.05. The van der Waals surface area contributed by atoms with Crippen molar-refractivity contribution in [1.82, 2.24) is 4.90 Å². The second-order valence-electron chi connectivity index (χ2n) is 3.79. The molecule has 0 aromatic rings. The summed E-state index contributed by atoms with van der Waals surface area (Å²) in [6, 6.07) is 0.110. The first-order valence-corrected chi connectivity index (χ1v) is 5.25. The average Bonchev–Trinajstić information content (AvgIpc) is 2.16. The van der Waals surface area contributed by atoms with E-state index in [1.54, 1.807) is 11.8 Å². The molecule has 16 heavy (non-hydrogen) atoms. The summed E-state index contributed by atoms with van der Waals surface area (Å²) >= 11 is 0. The maximum Gasteiger partial charge on any atom is 0.334 e. The lowest BCUT2D eigenvalue weighted by molar-refractivity contribution is -0.139. The van der Waals surface area contributed by atoms with Crippen LogP contribution in [-0.4, -0.2) is 42.5 Å². The smallest absolute Gasteiger partial charge is 0.334 e. The van der Waals surface area contributed by atoms with E-state index in [1.807, 2.05) is 13.8 Å². The van der Waals surface area contributed by atoms with Crippen molar-refractivity contribution in [1.29, 1.82) is 0 Å². The normalized spacial score (nSPS) is 10.6. The number of carbonyl (C=O) groups excluding carboxylic acids is 2. The molecule has 0 aromatic carbocycles. The molecule has 2 N–H and O–H groups in total. The predicted molar refractivity (Wildman–Crippen MR) is 61.7 cm³/mol. The number of amides is 1. The molecule has 0 bridgehead atoms. The SMILES string of the molecule is C=C(CN(CC(N)=O)C(C)C)C(=O)OCC. The number of nitrogens with zero attached hydrogens (tertiary/aromatic N) is 1. The van der Waals surface area contributed by atoms with Gasteiger partial charge in [0, 0.05) is 18.2 Å². The Morgan fingerprint density at radius 3 is 2.31 bits per heavy atom. The Labute approximate surface area is 96.2 Å². The maximum atomic E-state index is 11.3. The van der Waals surface area contributed by atoms with Gasteiger partial charge in [-0.15, -0.1) is 0 Å². The van der Waals surface area contributed by atoms with Gasteiger partial charge in [-0.25, -0.2) is 4.79 Å². The molecule has 0 saturated carbocycles. The van der Waals surface area contributed by atoms with Gasteiger partial charge in [-0.05, 0) is 20.8 Å². The van der Waals surface area contributed by atoms with Crippen LogP contribution in [0.5, 0.6) is 0 Å². The van der Waals surface area contributed by atoms with Crippen LogP contribution in [0.25, 0.3) is 0 Å². The molecule has 0 spiro atoms. The van der Waals surface area contributed by atoms with E-state index in [9.17, 15) is 9.59 Å². The number of carbonyl (C=O) groups is 2. The predicted octanol–water partition coefficient (Wildman–Crippen LogP) is 0.301. The molecule has 92 valence electrons. The zero-order valence-corrected chi connectivity index (χ0v) is 10.2. The molecule has 0 aliphatic heterocycles. The Morgan fingerprint density at radius 1 is 1.38 bits per heavy atom. The minimum absolute atomic E-state index is 0.107. The van der Waals surface area contributed by atoms with Gasteiger partial charge in [-0.1, -0.05) is 6.58 Å². The summed E-state index contributed by atoms with van der Waals surface area (Å²) in [6.45, 7) is 9.91. The Balaban J connectivity index is 4.34. The Hall–Kier alpha value is -1.36. The molecule has 0 aliphatic rings. The highest BCUT2D eigenvalue weighted by Gasteiger charge is 2.17. The number of esters is 1. The van der Waals surface area contributed by atoms with Gasteiger partial charge in [-0.3, -0.25) is 9.69 Å². The van der Waals surface area contributed by atoms with E-state index in [0.29, 0.717) is 18.7 Å². The van der Waals surface area contributed by atoms with Crippen molar-refractivity contribution in [2.45, 2.75) is 26.8 Å². The van der Waals surface area contributed by atoms with Crippen molar-refractivity contribution < 1.29 is 14.3 Å². The second kappa shape index (κ2) is 7.00. The molecule has 0 aromatic heterocycles. The van der Waals surface area contributed by atoms with Gasteiger partial charge < -0.3 is 10.5 Å². The van der Waals surface area contributed by atoms with E-state index in [1.165, 1.54) is 0 Å². The first-order valence-electron chi connectivity index (χ1n) is 5.25. The molecule has 0 rings (SSSR count). The topological polar surface area (TPSA) is 72.6 Å². The van der Waals surface area contributed by atoms with Crippen molar-refractivity contribution in [2.75, 3.05) is 19.7 Å². The maximum absolute atomic E-state index is 11.3. The number of nitrogens with two attached hydrogens (primary N) is 1. The Kier molecular flexibility index (Phi) is 6.41. The largest absolute Gasteiger partial charge is 0.463 e. The van der Waals surface area contributed by atoms with Crippen LogP contribution in [0.4, 0.5) is 0 Å². The number of hydrogen-bond donors (Lipinski definition) is 1. The molecule has 0 radical (unpaired) electrons. The zero-order chi connectivity index (χ0) is 12.7. The Bertz CT molecular complexity index is 274. The molecule has 0 aliphatic carbocycles. The van der Waals surface area contributed by atoms with Gasteiger partial charge in [0.2, 0.25) is 5.91 Å². The zero-order valence-electron chi connectivity index (χ0n) is 10.2. The number of rotatable bonds is 7. The first-order chi connectivity index (χ1) is 7.38. The quantitative estimate of drug-likeness (QED) is 0.502. The van der Waals surface area contributed by atoms with Gasteiger partial charge in [0.1, 0.15) is 0 Å². The van der Waals surface area contributed by atoms with Crippen molar-refractivity contribution in [3.8, 4) is 0 Å². The van der Waals surface area contributed by atoms with E-state index in [2.05, 4.69) is 6.58 Å². The molecule has 0 unspecified atom stereocenters. The number of primary amides is 1. The first kappa shape index (κ1) is 14.6. The molecule has 0 fully saturated rings. The van der Waals surface area contributed by atoms with Crippen molar-refractivity contribution in [3.63, 3.8) is 0 Å². The fourth-order valence-corrected chi connectivity index (χ4v) is 1.16. The molecule has 5 nitrogen and oxygen atoms in total. The fourth-order valence-electron chi connectivity index (χ4n) is 1.16. The van der Waals surface area contributed by atoms with E-state index in [0.717, 1.165) is 0 Å². The van der Waals surface area contributed by atoms with Crippen molar-refractivity contribution in [3.05, 3.63) is 12.2 Å². The summed E-state index contributed by atoms with van der Waals surface area (Å²) in [5, 5.41) is 0. The summed E-state index contributed by atoms with van der Waals surface area (Å²) in [7, 11) is 0. The van der Waals surface area contributed by atoms with Crippen LogP contribution in [0.3, 0.4) is 0 Å². The number of ether oxygens (including phenoxy) is 1.